The Morgan fingerprint density at radius 2 is 1.48 bits per heavy atom. The summed E-state index contributed by atoms with van der Waals surface area (Å²) in [4.78, 5) is 45.6. The highest BCUT2D eigenvalue weighted by Gasteiger charge is 2.71. The second-order valence-corrected chi connectivity index (χ2v) is 11.1. The zero-order valence-corrected chi connectivity index (χ0v) is 22.4. The molecule has 0 bridgehead atoms. The lowest BCUT2D eigenvalue weighted by molar-refractivity contribution is 0.0666. The van der Waals surface area contributed by atoms with Crippen LogP contribution in [-0.2, 0) is 0 Å². The molecule has 3 aliphatic rings. The molecule has 7 rings (SSSR count). The summed E-state index contributed by atoms with van der Waals surface area (Å²) in [6, 6.07) is 22.8. The molecule has 1 aliphatic carbocycles. The second kappa shape index (κ2) is 8.98. The normalized spacial score (nSPS) is 21.9. The van der Waals surface area contributed by atoms with E-state index >= 15 is 0 Å². The van der Waals surface area contributed by atoms with Crippen LogP contribution in [0, 0.1) is 11.2 Å². The Balaban J connectivity index is 1.56. The smallest absolute Gasteiger partial charge is 0.185 e. The molecule has 40 heavy (non-hydrogen) atoms. The highest BCUT2D eigenvalue weighted by molar-refractivity contribution is 6.34. The van der Waals surface area contributed by atoms with Crippen LogP contribution in [0.3, 0.4) is 0 Å². The van der Waals surface area contributed by atoms with Crippen LogP contribution in [0.4, 0.5) is 10.1 Å². The van der Waals surface area contributed by atoms with Gasteiger partial charge in [0.05, 0.1) is 6.04 Å². The van der Waals surface area contributed by atoms with E-state index in [2.05, 4.69) is 0 Å². The van der Waals surface area contributed by atoms with E-state index in [1.807, 2.05) is 4.90 Å². The minimum absolute atomic E-state index is 0.300. The van der Waals surface area contributed by atoms with Crippen LogP contribution in [0.5, 0.6) is 0 Å². The van der Waals surface area contributed by atoms with E-state index in [-0.39, 0.29) is 17.3 Å². The van der Waals surface area contributed by atoms with Crippen LogP contribution in [0.25, 0.3) is 6.08 Å². The summed E-state index contributed by atoms with van der Waals surface area (Å²) in [5.41, 5.74) is 0.977. The van der Waals surface area contributed by atoms with Gasteiger partial charge in [0.2, 0.25) is 0 Å². The van der Waals surface area contributed by atoms with Crippen molar-refractivity contribution in [1.29, 1.82) is 0 Å². The molecule has 0 aromatic heterocycles. The molecular formula is C33H20Cl2FNO3. The first-order valence-corrected chi connectivity index (χ1v) is 13.6. The maximum Gasteiger partial charge on any atom is 0.185 e. The van der Waals surface area contributed by atoms with Gasteiger partial charge in [-0.05, 0) is 54.1 Å². The van der Waals surface area contributed by atoms with Gasteiger partial charge >= 0.3 is 0 Å². The molecule has 3 unspecified atom stereocenters. The van der Waals surface area contributed by atoms with Crippen molar-refractivity contribution in [3.63, 3.8) is 0 Å². The van der Waals surface area contributed by atoms with Crippen molar-refractivity contribution in [3.8, 4) is 0 Å². The zero-order chi connectivity index (χ0) is 27.8. The summed E-state index contributed by atoms with van der Waals surface area (Å²) in [6.45, 7) is 0. The summed E-state index contributed by atoms with van der Waals surface area (Å²) in [6.07, 6.45) is 3.48. The van der Waals surface area contributed by atoms with Crippen molar-refractivity contribution < 1.29 is 18.8 Å². The molecule has 196 valence electrons. The Morgan fingerprint density at radius 1 is 0.825 bits per heavy atom. The lowest BCUT2D eigenvalue weighted by Crippen LogP contribution is -2.48. The molecule has 0 radical (unpaired) electrons. The molecule has 2 heterocycles. The van der Waals surface area contributed by atoms with Crippen molar-refractivity contribution in [1.82, 2.24) is 0 Å². The molecule has 2 aliphatic heterocycles. The number of ketones is 3. The minimum atomic E-state index is -1.68. The third-order valence-corrected chi connectivity index (χ3v) is 9.00. The molecular weight excluding hydrogens is 548 g/mol. The first kappa shape index (κ1) is 24.9. The predicted octanol–water partition coefficient (Wildman–Crippen LogP) is 7.45. The summed E-state index contributed by atoms with van der Waals surface area (Å²) in [7, 11) is 0. The number of hydrogen-bond donors (Lipinski definition) is 0. The lowest BCUT2D eigenvalue weighted by Gasteiger charge is -2.37. The van der Waals surface area contributed by atoms with Crippen molar-refractivity contribution in [2.24, 2.45) is 5.41 Å². The number of rotatable bonds is 3. The van der Waals surface area contributed by atoms with Gasteiger partial charge in [-0.2, -0.15) is 0 Å². The van der Waals surface area contributed by atoms with Gasteiger partial charge in [-0.1, -0.05) is 77.8 Å². The van der Waals surface area contributed by atoms with Crippen LogP contribution >= 0.6 is 23.2 Å². The maximum atomic E-state index is 14.6. The fraction of sp³-hybridized carbons (Fsp3) is 0.121. The fourth-order valence-corrected chi connectivity index (χ4v) is 7.18. The topological polar surface area (TPSA) is 54.5 Å². The second-order valence-electron chi connectivity index (χ2n) is 10.3. The van der Waals surface area contributed by atoms with Crippen LogP contribution in [0.2, 0.25) is 10.0 Å². The number of anilines is 1. The van der Waals surface area contributed by atoms with E-state index in [0.29, 0.717) is 43.5 Å². The number of benzene rings is 4. The molecule has 1 fully saturated rings. The summed E-state index contributed by atoms with van der Waals surface area (Å²) >= 11 is 12.9. The molecule has 4 aromatic rings. The van der Waals surface area contributed by atoms with Gasteiger partial charge in [0.1, 0.15) is 17.3 Å². The summed E-state index contributed by atoms with van der Waals surface area (Å²) in [5.74, 6) is -2.38. The number of fused-ring (bicyclic) bond motifs is 5. The van der Waals surface area contributed by atoms with Gasteiger partial charge in [0, 0.05) is 43.9 Å². The van der Waals surface area contributed by atoms with Gasteiger partial charge in [-0.25, -0.2) is 4.39 Å². The van der Waals surface area contributed by atoms with Crippen molar-refractivity contribution in [3.05, 3.63) is 141 Å². The molecule has 1 saturated heterocycles. The molecule has 0 N–H and O–H groups in total. The lowest BCUT2D eigenvalue weighted by atomic mass is 9.64. The van der Waals surface area contributed by atoms with E-state index in [4.69, 9.17) is 23.2 Å². The monoisotopic (exact) mass is 567 g/mol. The molecule has 7 heteroatoms. The highest BCUT2D eigenvalue weighted by Crippen LogP contribution is 2.61. The maximum absolute atomic E-state index is 14.6. The summed E-state index contributed by atoms with van der Waals surface area (Å²) < 4.78 is 14.3. The average molecular weight is 568 g/mol. The number of halogens is 3. The Morgan fingerprint density at radius 3 is 2.15 bits per heavy atom. The Kier molecular flexibility index (Phi) is 5.60. The van der Waals surface area contributed by atoms with E-state index in [0.717, 1.165) is 0 Å². The molecule has 4 aromatic carbocycles. The third-order valence-electron chi connectivity index (χ3n) is 8.40. The van der Waals surface area contributed by atoms with E-state index in [1.54, 1.807) is 91.0 Å². The van der Waals surface area contributed by atoms with Crippen molar-refractivity contribution >= 4 is 52.3 Å². The number of carbonyl (C=O) groups is 3. The van der Waals surface area contributed by atoms with Gasteiger partial charge in [0.15, 0.2) is 17.3 Å². The Bertz CT molecular complexity index is 1750. The molecule has 1 spiro atoms. The first-order valence-electron chi connectivity index (χ1n) is 12.8. The number of carbonyl (C=O) groups excluding carboxylic acids is 3. The molecule has 0 saturated carbocycles. The van der Waals surface area contributed by atoms with Crippen molar-refractivity contribution in [2.45, 2.75) is 18.0 Å². The van der Waals surface area contributed by atoms with Crippen LogP contribution < -0.4 is 4.90 Å². The van der Waals surface area contributed by atoms with Gasteiger partial charge in [0.25, 0.3) is 0 Å². The Labute approximate surface area is 239 Å². The third kappa shape index (κ3) is 3.28. The van der Waals surface area contributed by atoms with E-state index in [9.17, 15) is 18.8 Å². The van der Waals surface area contributed by atoms with Crippen LogP contribution in [0.1, 0.15) is 48.1 Å². The predicted molar refractivity (Wildman–Crippen MR) is 153 cm³/mol. The minimum Gasteiger partial charge on any atom is -0.352 e. The fourth-order valence-electron chi connectivity index (χ4n) is 6.80. The first-order chi connectivity index (χ1) is 19.3. The van der Waals surface area contributed by atoms with Gasteiger partial charge in [-0.3, -0.25) is 14.4 Å². The molecule has 0 amide bonds. The number of nitrogens with zero attached hydrogens (tertiary/aromatic N) is 1. The number of hydrogen-bond acceptors (Lipinski definition) is 4. The van der Waals surface area contributed by atoms with Crippen LogP contribution in [0.15, 0.2) is 97.1 Å². The molecule has 4 nitrogen and oxygen atoms in total. The van der Waals surface area contributed by atoms with Gasteiger partial charge < -0.3 is 4.90 Å². The van der Waals surface area contributed by atoms with E-state index < -0.39 is 29.2 Å². The standard InChI is InChI=1S/C33H20Cl2FNO3/c34-20-12-9-18(10-13-20)30(38)29-28(24-7-3-4-8-25(24)35)33(31(39)22-5-1-2-6-23(22)32(33)40)27-16-11-19-17-21(36)14-15-26(19)37(27)29/h1-17,27-29H. The van der Waals surface area contributed by atoms with E-state index in [1.165, 1.54) is 12.1 Å². The Hall–Kier alpha value is -4.06. The number of Topliss-reactive ketones (excluding diaryl/α,β-unsaturated/α-hetero) is 3. The molecule has 3 atom stereocenters. The summed E-state index contributed by atoms with van der Waals surface area (Å²) in [5, 5.41) is 0.818. The van der Waals surface area contributed by atoms with Crippen molar-refractivity contribution in [2.75, 3.05) is 4.90 Å². The SMILES string of the molecule is O=C(c1ccc(Cl)cc1)C1C(c2ccccc2Cl)C2(C(=O)c3ccccc3C2=O)C2C=Cc3cc(F)ccc3N12. The quantitative estimate of drug-likeness (QED) is 0.190. The van der Waals surface area contributed by atoms with Crippen LogP contribution in [-0.4, -0.2) is 29.4 Å². The van der Waals surface area contributed by atoms with Gasteiger partial charge in [-0.15, -0.1) is 0 Å². The zero-order valence-electron chi connectivity index (χ0n) is 20.9. The largest absolute Gasteiger partial charge is 0.352 e. The average Bonchev–Trinajstić information content (AvgIpc) is 3.39. The highest BCUT2D eigenvalue weighted by atomic mass is 35.5.